The maximum Gasteiger partial charge on any atom is 0.136 e. The molecule has 2 saturated carbocycles. The Bertz CT molecular complexity index is 195. The van der Waals surface area contributed by atoms with E-state index in [0.29, 0.717) is 11.7 Å². The van der Waals surface area contributed by atoms with Crippen LogP contribution in [0.2, 0.25) is 0 Å². The monoisotopic (exact) mass is 208 g/mol. The molecule has 0 saturated heterocycles. The van der Waals surface area contributed by atoms with E-state index in [2.05, 4.69) is 0 Å². The number of hydrogen-bond acceptors (Lipinski definition) is 1. The minimum Gasteiger partial charge on any atom is -0.299 e. The molecule has 0 aromatic carbocycles. The van der Waals surface area contributed by atoms with Crippen molar-refractivity contribution in [2.45, 2.75) is 70.6 Å². The maximum atomic E-state index is 12.0. The van der Waals surface area contributed by atoms with Crippen LogP contribution in [0.5, 0.6) is 0 Å². The lowest BCUT2D eigenvalue weighted by Crippen LogP contribution is -2.15. The normalized spacial score (nSPS) is 25.3. The van der Waals surface area contributed by atoms with Gasteiger partial charge in [-0.2, -0.15) is 0 Å². The van der Waals surface area contributed by atoms with Gasteiger partial charge in [0.25, 0.3) is 0 Å². The molecule has 0 aliphatic heterocycles. The van der Waals surface area contributed by atoms with E-state index in [4.69, 9.17) is 0 Å². The van der Waals surface area contributed by atoms with E-state index < -0.39 is 0 Å². The summed E-state index contributed by atoms with van der Waals surface area (Å²) in [6.07, 6.45) is 14.0. The third-order valence-corrected chi connectivity index (χ3v) is 4.28. The molecule has 0 aromatic rings. The van der Waals surface area contributed by atoms with E-state index >= 15 is 0 Å². The Balaban J connectivity index is 1.76. The standard InChI is InChI=1S/C14H24O/c15-14(13-9-5-6-10-13)11-12-7-3-1-2-4-8-12/h12-13H,1-11H2. The lowest BCUT2D eigenvalue weighted by Gasteiger charge is -2.15. The van der Waals surface area contributed by atoms with Gasteiger partial charge in [-0.1, -0.05) is 51.4 Å². The van der Waals surface area contributed by atoms with Gasteiger partial charge in [0.15, 0.2) is 0 Å². The summed E-state index contributed by atoms with van der Waals surface area (Å²) >= 11 is 0. The summed E-state index contributed by atoms with van der Waals surface area (Å²) in [6, 6.07) is 0. The zero-order chi connectivity index (χ0) is 10.5. The van der Waals surface area contributed by atoms with Crippen molar-refractivity contribution in [1.29, 1.82) is 0 Å². The summed E-state index contributed by atoms with van der Waals surface area (Å²) < 4.78 is 0. The molecular weight excluding hydrogens is 184 g/mol. The number of hydrogen-bond donors (Lipinski definition) is 0. The molecule has 0 unspecified atom stereocenters. The van der Waals surface area contributed by atoms with Crippen LogP contribution in [-0.2, 0) is 4.79 Å². The number of carbonyl (C=O) groups excluding carboxylic acids is 1. The van der Waals surface area contributed by atoms with Crippen molar-refractivity contribution in [3.8, 4) is 0 Å². The lowest BCUT2D eigenvalue weighted by molar-refractivity contribution is -0.123. The Morgan fingerprint density at radius 1 is 0.800 bits per heavy atom. The van der Waals surface area contributed by atoms with Crippen LogP contribution < -0.4 is 0 Å². The van der Waals surface area contributed by atoms with Crippen LogP contribution in [-0.4, -0.2) is 5.78 Å². The van der Waals surface area contributed by atoms with Crippen molar-refractivity contribution in [1.82, 2.24) is 0 Å². The molecular formula is C14H24O. The zero-order valence-corrected chi connectivity index (χ0v) is 9.84. The fraction of sp³-hybridized carbons (Fsp3) is 0.929. The van der Waals surface area contributed by atoms with E-state index in [1.54, 1.807) is 0 Å². The molecule has 2 fully saturated rings. The Morgan fingerprint density at radius 2 is 1.33 bits per heavy atom. The minimum absolute atomic E-state index is 0.452. The highest BCUT2D eigenvalue weighted by molar-refractivity contribution is 5.81. The van der Waals surface area contributed by atoms with Crippen molar-refractivity contribution in [3.05, 3.63) is 0 Å². The molecule has 0 N–H and O–H groups in total. The first-order chi connectivity index (χ1) is 7.36. The Kier molecular flexibility index (Phi) is 4.22. The van der Waals surface area contributed by atoms with Gasteiger partial charge in [0, 0.05) is 12.3 Å². The number of rotatable bonds is 3. The Labute approximate surface area is 93.6 Å². The molecule has 2 aliphatic carbocycles. The summed E-state index contributed by atoms with van der Waals surface area (Å²) in [6.45, 7) is 0. The van der Waals surface area contributed by atoms with E-state index in [1.807, 2.05) is 0 Å². The van der Waals surface area contributed by atoms with E-state index in [-0.39, 0.29) is 0 Å². The quantitative estimate of drug-likeness (QED) is 0.638. The first-order valence-corrected chi connectivity index (χ1v) is 6.89. The van der Waals surface area contributed by atoms with Crippen LogP contribution in [0.15, 0.2) is 0 Å². The summed E-state index contributed by atoms with van der Waals surface area (Å²) in [5.41, 5.74) is 0. The molecule has 1 heteroatoms. The van der Waals surface area contributed by atoms with Gasteiger partial charge in [-0.3, -0.25) is 4.79 Å². The second-order valence-corrected chi connectivity index (χ2v) is 5.51. The van der Waals surface area contributed by atoms with Crippen LogP contribution >= 0.6 is 0 Å². The third-order valence-electron chi connectivity index (χ3n) is 4.28. The highest BCUT2D eigenvalue weighted by Gasteiger charge is 2.25. The summed E-state index contributed by atoms with van der Waals surface area (Å²) in [7, 11) is 0. The van der Waals surface area contributed by atoms with E-state index in [0.717, 1.165) is 12.3 Å². The number of ketones is 1. The average Bonchev–Trinajstić information content (AvgIpc) is 2.65. The molecule has 0 aromatic heterocycles. The zero-order valence-electron chi connectivity index (χ0n) is 9.84. The highest BCUT2D eigenvalue weighted by atomic mass is 16.1. The van der Waals surface area contributed by atoms with Crippen LogP contribution in [0, 0.1) is 11.8 Å². The van der Waals surface area contributed by atoms with Crippen molar-refractivity contribution < 1.29 is 4.79 Å². The second kappa shape index (κ2) is 5.67. The van der Waals surface area contributed by atoms with Gasteiger partial charge in [-0.05, 0) is 18.8 Å². The molecule has 0 bridgehead atoms. The van der Waals surface area contributed by atoms with E-state index in [1.165, 1.54) is 64.2 Å². The lowest BCUT2D eigenvalue weighted by atomic mass is 9.89. The molecule has 2 rings (SSSR count). The smallest absolute Gasteiger partial charge is 0.136 e. The molecule has 1 nitrogen and oxygen atoms in total. The van der Waals surface area contributed by atoms with Crippen LogP contribution in [0.4, 0.5) is 0 Å². The van der Waals surface area contributed by atoms with Gasteiger partial charge in [-0.15, -0.1) is 0 Å². The van der Waals surface area contributed by atoms with Crippen molar-refractivity contribution >= 4 is 5.78 Å². The van der Waals surface area contributed by atoms with Crippen molar-refractivity contribution in [2.24, 2.45) is 11.8 Å². The van der Waals surface area contributed by atoms with Gasteiger partial charge in [0.1, 0.15) is 5.78 Å². The number of carbonyl (C=O) groups is 1. The molecule has 86 valence electrons. The average molecular weight is 208 g/mol. The molecule has 0 spiro atoms. The topological polar surface area (TPSA) is 17.1 Å². The molecule has 0 heterocycles. The largest absolute Gasteiger partial charge is 0.299 e. The van der Waals surface area contributed by atoms with Gasteiger partial charge in [0.05, 0.1) is 0 Å². The van der Waals surface area contributed by atoms with Crippen LogP contribution in [0.3, 0.4) is 0 Å². The highest BCUT2D eigenvalue weighted by Crippen LogP contribution is 2.31. The molecule has 0 atom stereocenters. The van der Waals surface area contributed by atoms with Crippen LogP contribution in [0.1, 0.15) is 70.6 Å². The molecule has 0 radical (unpaired) electrons. The van der Waals surface area contributed by atoms with Gasteiger partial charge >= 0.3 is 0 Å². The van der Waals surface area contributed by atoms with Crippen LogP contribution in [0.25, 0.3) is 0 Å². The summed E-state index contributed by atoms with van der Waals surface area (Å²) in [5.74, 6) is 1.79. The summed E-state index contributed by atoms with van der Waals surface area (Å²) in [5, 5.41) is 0. The minimum atomic E-state index is 0.452. The Hall–Kier alpha value is -0.330. The third kappa shape index (κ3) is 3.32. The molecule has 0 amide bonds. The Morgan fingerprint density at radius 3 is 1.93 bits per heavy atom. The summed E-state index contributed by atoms with van der Waals surface area (Å²) in [4.78, 5) is 12.0. The van der Waals surface area contributed by atoms with Gasteiger partial charge in [0.2, 0.25) is 0 Å². The molecule has 15 heavy (non-hydrogen) atoms. The second-order valence-electron chi connectivity index (χ2n) is 5.51. The SMILES string of the molecule is O=C(CC1CCCCCC1)C1CCCC1. The van der Waals surface area contributed by atoms with Gasteiger partial charge in [-0.25, -0.2) is 0 Å². The van der Waals surface area contributed by atoms with Crippen molar-refractivity contribution in [2.75, 3.05) is 0 Å². The maximum absolute atomic E-state index is 12.0. The van der Waals surface area contributed by atoms with Gasteiger partial charge < -0.3 is 0 Å². The number of Topliss-reactive ketones (excluding diaryl/α,β-unsaturated/α-hetero) is 1. The first kappa shape index (κ1) is 11.2. The van der Waals surface area contributed by atoms with Crippen molar-refractivity contribution in [3.63, 3.8) is 0 Å². The molecule has 2 aliphatic rings. The fourth-order valence-corrected chi connectivity index (χ4v) is 3.27. The predicted octanol–water partition coefficient (Wildman–Crippen LogP) is 4.11. The first-order valence-electron chi connectivity index (χ1n) is 6.89. The van der Waals surface area contributed by atoms with E-state index in [9.17, 15) is 4.79 Å². The predicted molar refractivity (Wildman–Crippen MR) is 62.8 cm³/mol. The fourth-order valence-electron chi connectivity index (χ4n) is 3.27.